The number of ether oxygens (including phenoxy) is 1. The number of aryl methyl sites for hydroxylation is 1. The summed E-state index contributed by atoms with van der Waals surface area (Å²) in [6.07, 6.45) is 2.03. The molecule has 0 aliphatic heterocycles. The quantitative estimate of drug-likeness (QED) is 0.197. The molecule has 0 aliphatic carbocycles. The van der Waals surface area contributed by atoms with Gasteiger partial charge < -0.3 is 20.7 Å². The van der Waals surface area contributed by atoms with Crippen LogP contribution in [-0.2, 0) is 11.2 Å². The van der Waals surface area contributed by atoms with Gasteiger partial charge in [-0.15, -0.1) is 24.0 Å². The molecule has 0 spiro atoms. The zero-order valence-corrected chi connectivity index (χ0v) is 19.4. The first-order valence-electron chi connectivity index (χ1n) is 9.74. The summed E-state index contributed by atoms with van der Waals surface area (Å²) in [5.41, 5.74) is 2.07. The largest absolute Gasteiger partial charge is 0.492 e. The second-order valence-corrected chi connectivity index (χ2v) is 6.33. The van der Waals surface area contributed by atoms with Gasteiger partial charge in [-0.25, -0.2) is 0 Å². The first-order valence-corrected chi connectivity index (χ1v) is 9.74. The molecule has 2 aromatic rings. The molecule has 0 unspecified atom stereocenters. The van der Waals surface area contributed by atoms with Crippen molar-refractivity contribution in [2.24, 2.45) is 4.99 Å². The molecule has 29 heavy (non-hydrogen) atoms. The molecule has 0 atom stereocenters. The molecule has 2 aromatic carbocycles. The van der Waals surface area contributed by atoms with E-state index in [1.165, 1.54) is 12.5 Å². The Morgan fingerprint density at radius 2 is 1.86 bits per heavy atom. The average molecular weight is 510 g/mol. The standard InChI is InChI=1S/C22H30N4O2.HI/c1-3-23-22(24-14-8-11-19-9-5-4-6-10-19)25-15-16-28-21-13-7-12-20(17-21)26-18(2)27;/h4-7,9-10,12-13,17H,3,8,11,14-16H2,1-2H3,(H,26,27)(H2,23,24,25);1H. The molecule has 0 saturated carbocycles. The van der Waals surface area contributed by atoms with Crippen molar-refractivity contribution in [1.29, 1.82) is 0 Å². The lowest BCUT2D eigenvalue weighted by Crippen LogP contribution is -2.39. The lowest BCUT2D eigenvalue weighted by molar-refractivity contribution is -0.114. The number of hydrogen-bond donors (Lipinski definition) is 3. The second kappa shape index (κ2) is 14.7. The van der Waals surface area contributed by atoms with Crippen LogP contribution < -0.4 is 20.7 Å². The molecule has 0 aliphatic rings. The highest BCUT2D eigenvalue weighted by molar-refractivity contribution is 14.0. The molecule has 0 radical (unpaired) electrons. The lowest BCUT2D eigenvalue weighted by Gasteiger charge is -2.12. The number of halogens is 1. The van der Waals surface area contributed by atoms with Gasteiger partial charge in [0.2, 0.25) is 5.91 Å². The van der Waals surface area contributed by atoms with Gasteiger partial charge >= 0.3 is 0 Å². The van der Waals surface area contributed by atoms with E-state index in [9.17, 15) is 4.79 Å². The third-order valence-corrected chi connectivity index (χ3v) is 3.90. The van der Waals surface area contributed by atoms with Crippen LogP contribution >= 0.6 is 24.0 Å². The Balaban J connectivity index is 0.00000420. The van der Waals surface area contributed by atoms with Crippen molar-refractivity contribution in [1.82, 2.24) is 10.6 Å². The summed E-state index contributed by atoms with van der Waals surface area (Å²) in [5.74, 6) is 1.42. The number of carbonyl (C=O) groups is 1. The maximum absolute atomic E-state index is 11.1. The Morgan fingerprint density at radius 3 is 2.59 bits per heavy atom. The minimum atomic E-state index is -0.0995. The summed E-state index contributed by atoms with van der Waals surface area (Å²) < 4.78 is 5.74. The van der Waals surface area contributed by atoms with Gasteiger partial charge in [0.05, 0.1) is 6.54 Å². The highest BCUT2D eigenvalue weighted by atomic mass is 127. The second-order valence-electron chi connectivity index (χ2n) is 6.33. The van der Waals surface area contributed by atoms with E-state index < -0.39 is 0 Å². The first-order chi connectivity index (χ1) is 13.7. The lowest BCUT2D eigenvalue weighted by atomic mass is 10.1. The fourth-order valence-corrected chi connectivity index (χ4v) is 2.67. The minimum absolute atomic E-state index is 0. The third kappa shape index (κ3) is 10.7. The number of anilines is 1. The average Bonchev–Trinajstić information content (AvgIpc) is 2.69. The van der Waals surface area contributed by atoms with Crippen LogP contribution in [0.5, 0.6) is 5.75 Å². The normalized spacial score (nSPS) is 10.6. The van der Waals surface area contributed by atoms with Crippen LogP contribution in [0.15, 0.2) is 59.6 Å². The Bertz CT molecular complexity index is 753. The zero-order valence-electron chi connectivity index (χ0n) is 17.1. The Kier molecular flexibility index (Phi) is 12.5. The van der Waals surface area contributed by atoms with E-state index in [-0.39, 0.29) is 29.9 Å². The monoisotopic (exact) mass is 510 g/mol. The van der Waals surface area contributed by atoms with Gasteiger partial charge in [0, 0.05) is 31.8 Å². The predicted molar refractivity (Wildman–Crippen MR) is 130 cm³/mol. The maximum atomic E-state index is 11.1. The summed E-state index contributed by atoms with van der Waals surface area (Å²) in [6.45, 7) is 6.24. The van der Waals surface area contributed by atoms with Crippen LogP contribution in [0.25, 0.3) is 0 Å². The van der Waals surface area contributed by atoms with Gasteiger partial charge in [0.25, 0.3) is 0 Å². The van der Waals surface area contributed by atoms with Crippen molar-refractivity contribution in [3.05, 3.63) is 60.2 Å². The van der Waals surface area contributed by atoms with E-state index in [4.69, 9.17) is 4.74 Å². The highest BCUT2D eigenvalue weighted by Crippen LogP contribution is 2.17. The maximum Gasteiger partial charge on any atom is 0.221 e. The Hall–Kier alpha value is -2.29. The van der Waals surface area contributed by atoms with E-state index in [0.29, 0.717) is 13.2 Å². The zero-order chi connectivity index (χ0) is 20.0. The van der Waals surface area contributed by atoms with Gasteiger partial charge in [-0.1, -0.05) is 36.4 Å². The van der Waals surface area contributed by atoms with Gasteiger partial charge in [0.15, 0.2) is 5.96 Å². The molecule has 7 heteroatoms. The van der Waals surface area contributed by atoms with E-state index in [2.05, 4.69) is 45.2 Å². The number of aliphatic imine (C=N–C) groups is 1. The van der Waals surface area contributed by atoms with Gasteiger partial charge in [-0.2, -0.15) is 0 Å². The molecule has 1 amide bonds. The molecule has 0 heterocycles. The molecule has 0 saturated heterocycles. The van der Waals surface area contributed by atoms with Gasteiger partial charge in [0.1, 0.15) is 12.4 Å². The highest BCUT2D eigenvalue weighted by Gasteiger charge is 2.00. The molecule has 0 fully saturated rings. The van der Waals surface area contributed by atoms with Crippen molar-refractivity contribution < 1.29 is 9.53 Å². The number of nitrogens with zero attached hydrogens (tertiary/aromatic N) is 1. The van der Waals surface area contributed by atoms with E-state index in [0.717, 1.165) is 43.3 Å². The number of guanidine groups is 1. The molecular weight excluding hydrogens is 479 g/mol. The number of nitrogens with one attached hydrogen (secondary N) is 3. The van der Waals surface area contributed by atoms with Crippen molar-refractivity contribution in [2.45, 2.75) is 26.7 Å². The van der Waals surface area contributed by atoms with E-state index >= 15 is 0 Å². The molecular formula is C22H31IN4O2. The predicted octanol–water partition coefficient (Wildman–Crippen LogP) is 3.83. The smallest absolute Gasteiger partial charge is 0.221 e. The summed E-state index contributed by atoms with van der Waals surface area (Å²) in [6, 6.07) is 17.8. The molecule has 0 bridgehead atoms. The molecule has 3 N–H and O–H groups in total. The summed E-state index contributed by atoms with van der Waals surface area (Å²) in [5, 5.41) is 9.27. The van der Waals surface area contributed by atoms with Crippen molar-refractivity contribution in [2.75, 3.05) is 31.6 Å². The molecule has 158 valence electrons. The van der Waals surface area contributed by atoms with E-state index in [1.807, 2.05) is 37.3 Å². The Morgan fingerprint density at radius 1 is 1.07 bits per heavy atom. The fraction of sp³-hybridized carbons (Fsp3) is 0.364. The summed E-state index contributed by atoms with van der Waals surface area (Å²) in [7, 11) is 0. The molecule has 6 nitrogen and oxygen atoms in total. The van der Waals surface area contributed by atoms with Crippen molar-refractivity contribution in [3.8, 4) is 5.75 Å². The number of benzene rings is 2. The fourth-order valence-electron chi connectivity index (χ4n) is 2.67. The van der Waals surface area contributed by atoms with Crippen LogP contribution in [0, 0.1) is 0 Å². The van der Waals surface area contributed by atoms with Gasteiger partial charge in [-0.05, 0) is 37.5 Å². The first kappa shape index (κ1) is 24.7. The van der Waals surface area contributed by atoms with Crippen LogP contribution in [0.2, 0.25) is 0 Å². The summed E-state index contributed by atoms with van der Waals surface area (Å²) >= 11 is 0. The van der Waals surface area contributed by atoms with Crippen LogP contribution in [0.1, 0.15) is 25.8 Å². The third-order valence-electron chi connectivity index (χ3n) is 3.90. The number of hydrogen-bond acceptors (Lipinski definition) is 3. The van der Waals surface area contributed by atoms with Crippen molar-refractivity contribution in [3.63, 3.8) is 0 Å². The number of amides is 1. The van der Waals surface area contributed by atoms with Crippen LogP contribution in [0.3, 0.4) is 0 Å². The molecule has 0 aromatic heterocycles. The van der Waals surface area contributed by atoms with Crippen molar-refractivity contribution >= 4 is 41.5 Å². The van der Waals surface area contributed by atoms with Crippen LogP contribution in [0.4, 0.5) is 5.69 Å². The number of rotatable bonds is 10. The SMILES string of the molecule is CCNC(=NCCCc1ccccc1)NCCOc1cccc(NC(C)=O)c1.I. The Labute approximate surface area is 190 Å². The van der Waals surface area contributed by atoms with Gasteiger partial charge in [-0.3, -0.25) is 9.79 Å². The topological polar surface area (TPSA) is 74.8 Å². The summed E-state index contributed by atoms with van der Waals surface area (Å²) in [4.78, 5) is 15.7. The van der Waals surface area contributed by atoms with Crippen LogP contribution in [-0.4, -0.2) is 38.1 Å². The van der Waals surface area contributed by atoms with E-state index in [1.54, 1.807) is 0 Å². The minimum Gasteiger partial charge on any atom is -0.492 e. The molecule has 2 rings (SSSR count). The number of carbonyl (C=O) groups excluding carboxylic acids is 1.